The number of carbonyl (C=O) groups excluding carboxylic acids is 1. The average molecular weight is 439 g/mol. The average Bonchev–Trinajstić information content (AvgIpc) is 2.64. The van der Waals surface area contributed by atoms with Gasteiger partial charge in [0.05, 0.1) is 17.7 Å². The number of alkyl carbamates (subject to hydrolysis) is 1. The molecule has 0 aromatic heterocycles. The van der Waals surface area contributed by atoms with E-state index in [2.05, 4.69) is 5.32 Å². The van der Waals surface area contributed by atoms with Crippen molar-refractivity contribution in [1.29, 1.82) is 0 Å². The predicted molar refractivity (Wildman–Crippen MR) is 108 cm³/mol. The second-order valence-corrected chi connectivity index (χ2v) is 7.90. The summed E-state index contributed by atoms with van der Waals surface area (Å²) in [6, 6.07) is 8.46. The van der Waals surface area contributed by atoms with Crippen LogP contribution >= 0.6 is 0 Å². The second-order valence-electron chi connectivity index (χ2n) is 7.90. The van der Waals surface area contributed by atoms with Gasteiger partial charge in [0.25, 0.3) is 0 Å². The minimum atomic E-state index is -4.64. The van der Waals surface area contributed by atoms with E-state index in [1.807, 2.05) is 0 Å². The SMILES string of the molecule is CC(CNC(=O)OC(C)(C)C)Oc1ccc(-c2cc(C(=O)O)ccc2C(F)(F)F)cc1. The van der Waals surface area contributed by atoms with Crippen molar-refractivity contribution >= 4 is 12.1 Å². The largest absolute Gasteiger partial charge is 0.489 e. The first-order valence-corrected chi connectivity index (χ1v) is 9.45. The fourth-order valence-electron chi connectivity index (χ4n) is 2.69. The predicted octanol–water partition coefficient (Wildman–Crippen LogP) is 5.36. The Bertz CT molecular complexity index is 934. The van der Waals surface area contributed by atoms with Crippen molar-refractivity contribution in [3.05, 3.63) is 53.6 Å². The van der Waals surface area contributed by atoms with Crippen LogP contribution in [0.15, 0.2) is 42.5 Å². The number of carboxylic acid groups (broad SMARTS) is 1. The van der Waals surface area contributed by atoms with Crippen LogP contribution in [0.3, 0.4) is 0 Å². The number of benzene rings is 2. The lowest BCUT2D eigenvalue weighted by Crippen LogP contribution is -2.37. The molecule has 2 N–H and O–H groups in total. The van der Waals surface area contributed by atoms with Crippen LogP contribution in [0.25, 0.3) is 11.1 Å². The summed E-state index contributed by atoms with van der Waals surface area (Å²) in [4.78, 5) is 22.8. The van der Waals surface area contributed by atoms with Gasteiger partial charge in [0.2, 0.25) is 0 Å². The highest BCUT2D eigenvalue weighted by Crippen LogP contribution is 2.38. The Morgan fingerprint density at radius 2 is 1.68 bits per heavy atom. The van der Waals surface area contributed by atoms with Crippen LogP contribution < -0.4 is 10.1 Å². The number of halogens is 3. The number of carbonyl (C=O) groups is 2. The summed E-state index contributed by atoms with van der Waals surface area (Å²) in [6.45, 7) is 7.10. The van der Waals surface area contributed by atoms with Gasteiger partial charge in [0, 0.05) is 0 Å². The first kappa shape index (κ1) is 24.0. The third-order valence-corrected chi connectivity index (χ3v) is 4.01. The summed E-state index contributed by atoms with van der Waals surface area (Å²) in [7, 11) is 0. The zero-order valence-electron chi connectivity index (χ0n) is 17.5. The summed E-state index contributed by atoms with van der Waals surface area (Å²) in [6.07, 6.45) is -5.65. The first-order chi connectivity index (χ1) is 14.3. The maximum absolute atomic E-state index is 13.4. The van der Waals surface area contributed by atoms with Crippen molar-refractivity contribution in [2.45, 2.75) is 45.6 Å². The summed E-state index contributed by atoms with van der Waals surface area (Å²) in [5, 5.41) is 11.7. The van der Waals surface area contributed by atoms with E-state index in [1.54, 1.807) is 27.7 Å². The van der Waals surface area contributed by atoms with E-state index in [4.69, 9.17) is 14.6 Å². The van der Waals surface area contributed by atoms with Crippen LogP contribution in [0.2, 0.25) is 0 Å². The van der Waals surface area contributed by atoms with Crippen molar-refractivity contribution in [3.63, 3.8) is 0 Å². The molecule has 0 aliphatic rings. The quantitative estimate of drug-likeness (QED) is 0.633. The van der Waals surface area contributed by atoms with E-state index in [0.29, 0.717) is 5.75 Å². The molecular weight excluding hydrogens is 415 g/mol. The normalized spacial score (nSPS) is 12.7. The summed E-state index contributed by atoms with van der Waals surface area (Å²) in [5.41, 5.74) is -1.84. The Labute approximate surface area is 178 Å². The molecule has 0 radical (unpaired) electrons. The van der Waals surface area contributed by atoms with Gasteiger partial charge < -0.3 is 19.9 Å². The van der Waals surface area contributed by atoms with E-state index in [9.17, 15) is 22.8 Å². The standard InChI is InChI=1S/C22H24F3NO5/c1-13(12-26-20(29)31-21(2,3)4)30-16-8-5-14(6-9-16)17-11-15(19(27)28)7-10-18(17)22(23,24)25/h5-11,13H,12H2,1-4H3,(H,26,29)(H,27,28). The Hall–Kier alpha value is -3.23. The molecule has 31 heavy (non-hydrogen) atoms. The molecule has 0 heterocycles. The molecule has 168 valence electrons. The Morgan fingerprint density at radius 3 is 2.19 bits per heavy atom. The molecule has 1 unspecified atom stereocenters. The number of ether oxygens (including phenoxy) is 2. The Balaban J connectivity index is 2.12. The molecular formula is C22H24F3NO5. The molecule has 6 nitrogen and oxygen atoms in total. The Morgan fingerprint density at radius 1 is 1.06 bits per heavy atom. The Kier molecular flexibility index (Phi) is 7.20. The van der Waals surface area contributed by atoms with Crippen LogP contribution in [0, 0.1) is 0 Å². The van der Waals surface area contributed by atoms with Gasteiger partial charge in [-0.25, -0.2) is 9.59 Å². The van der Waals surface area contributed by atoms with E-state index >= 15 is 0 Å². The zero-order valence-corrected chi connectivity index (χ0v) is 17.5. The number of rotatable bonds is 6. The fraction of sp³-hybridized carbons (Fsp3) is 0.364. The van der Waals surface area contributed by atoms with Gasteiger partial charge in [0.1, 0.15) is 17.5 Å². The van der Waals surface area contributed by atoms with Crippen LogP contribution in [0.4, 0.5) is 18.0 Å². The molecule has 0 aliphatic heterocycles. The van der Waals surface area contributed by atoms with Crippen molar-refractivity contribution in [2.75, 3.05) is 6.54 Å². The minimum absolute atomic E-state index is 0.162. The third kappa shape index (κ3) is 7.20. The topological polar surface area (TPSA) is 84.9 Å². The van der Waals surface area contributed by atoms with Gasteiger partial charge in [-0.15, -0.1) is 0 Å². The van der Waals surface area contributed by atoms with Gasteiger partial charge in [-0.3, -0.25) is 0 Å². The van der Waals surface area contributed by atoms with Gasteiger partial charge in [-0.1, -0.05) is 12.1 Å². The summed E-state index contributed by atoms with van der Waals surface area (Å²) in [5.74, 6) is -0.938. The smallest absolute Gasteiger partial charge is 0.417 e. The van der Waals surface area contributed by atoms with Crippen LogP contribution in [-0.4, -0.2) is 35.4 Å². The van der Waals surface area contributed by atoms with E-state index < -0.39 is 35.5 Å². The highest BCUT2D eigenvalue weighted by Gasteiger charge is 2.34. The molecule has 0 saturated carbocycles. The number of nitrogens with one attached hydrogen (secondary N) is 1. The highest BCUT2D eigenvalue weighted by molar-refractivity contribution is 5.90. The number of hydrogen-bond donors (Lipinski definition) is 2. The fourth-order valence-corrected chi connectivity index (χ4v) is 2.69. The van der Waals surface area contributed by atoms with Crippen molar-refractivity contribution in [1.82, 2.24) is 5.32 Å². The van der Waals surface area contributed by atoms with E-state index in [0.717, 1.165) is 18.2 Å². The molecule has 0 fully saturated rings. The monoisotopic (exact) mass is 439 g/mol. The van der Waals surface area contributed by atoms with Gasteiger partial charge in [-0.2, -0.15) is 13.2 Å². The zero-order chi connectivity index (χ0) is 23.4. The van der Waals surface area contributed by atoms with Crippen molar-refractivity contribution in [3.8, 4) is 16.9 Å². The number of amides is 1. The molecule has 2 aromatic carbocycles. The lowest BCUT2D eigenvalue weighted by molar-refractivity contribution is -0.137. The highest BCUT2D eigenvalue weighted by atomic mass is 19.4. The molecule has 2 aromatic rings. The maximum Gasteiger partial charge on any atom is 0.417 e. The van der Waals surface area contributed by atoms with E-state index in [1.165, 1.54) is 24.3 Å². The van der Waals surface area contributed by atoms with Crippen molar-refractivity contribution < 1.29 is 37.3 Å². The molecule has 0 saturated heterocycles. The lowest BCUT2D eigenvalue weighted by Gasteiger charge is -2.21. The van der Waals surface area contributed by atoms with E-state index in [-0.39, 0.29) is 23.2 Å². The van der Waals surface area contributed by atoms with Gasteiger partial charge >= 0.3 is 18.2 Å². The molecule has 9 heteroatoms. The summed E-state index contributed by atoms with van der Waals surface area (Å²) >= 11 is 0. The first-order valence-electron chi connectivity index (χ1n) is 9.45. The molecule has 1 amide bonds. The van der Waals surface area contributed by atoms with Crippen LogP contribution in [0.5, 0.6) is 5.75 Å². The molecule has 0 spiro atoms. The summed E-state index contributed by atoms with van der Waals surface area (Å²) < 4.78 is 50.8. The molecule has 0 bridgehead atoms. The van der Waals surface area contributed by atoms with Crippen molar-refractivity contribution in [2.24, 2.45) is 0 Å². The van der Waals surface area contributed by atoms with Crippen LogP contribution in [0.1, 0.15) is 43.6 Å². The lowest BCUT2D eigenvalue weighted by atomic mass is 9.96. The number of aromatic carboxylic acids is 1. The van der Waals surface area contributed by atoms with Crippen LogP contribution in [-0.2, 0) is 10.9 Å². The van der Waals surface area contributed by atoms with Gasteiger partial charge in [-0.05, 0) is 69.2 Å². The number of hydrogen-bond acceptors (Lipinski definition) is 4. The molecule has 2 rings (SSSR count). The maximum atomic E-state index is 13.4. The minimum Gasteiger partial charge on any atom is -0.489 e. The number of alkyl halides is 3. The number of carboxylic acids is 1. The molecule has 0 aliphatic carbocycles. The second kappa shape index (κ2) is 9.28. The third-order valence-electron chi connectivity index (χ3n) is 4.01. The van der Waals surface area contributed by atoms with Gasteiger partial charge in [0.15, 0.2) is 0 Å². The molecule has 1 atom stereocenters.